The maximum atomic E-state index is 2.31. The molecule has 14 heavy (non-hydrogen) atoms. The molecule has 0 aliphatic rings. The largest absolute Gasteiger partial charge is 0.0654 e. The van der Waals surface area contributed by atoms with Crippen molar-refractivity contribution >= 4 is 0 Å². The van der Waals surface area contributed by atoms with Gasteiger partial charge in [-0.05, 0) is 36.3 Å². The summed E-state index contributed by atoms with van der Waals surface area (Å²) in [5, 5.41) is 0. The predicted molar refractivity (Wildman–Crippen MR) is 63.8 cm³/mol. The van der Waals surface area contributed by atoms with Gasteiger partial charge >= 0.3 is 0 Å². The third-order valence-corrected chi connectivity index (χ3v) is 3.01. The maximum absolute atomic E-state index is 2.31. The number of aryl methyl sites for hydroxylation is 1. The summed E-state index contributed by atoms with van der Waals surface area (Å²) < 4.78 is 0. The summed E-state index contributed by atoms with van der Waals surface area (Å²) in [5.41, 5.74) is 3.12. The molecule has 1 rings (SSSR count). The minimum atomic E-state index is 0.774. The highest BCUT2D eigenvalue weighted by Crippen LogP contribution is 2.27. The van der Waals surface area contributed by atoms with Crippen LogP contribution in [0.2, 0.25) is 0 Å². The molecule has 0 aliphatic heterocycles. The number of benzene rings is 1. The number of rotatable bonds is 5. The van der Waals surface area contributed by atoms with Crippen LogP contribution in [0.5, 0.6) is 0 Å². The van der Waals surface area contributed by atoms with E-state index in [0.29, 0.717) is 0 Å². The van der Waals surface area contributed by atoms with Gasteiger partial charge in [0, 0.05) is 0 Å². The molecule has 0 saturated heterocycles. The smallest absolute Gasteiger partial charge is 0.0162 e. The predicted octanol–water partition coefficient (Wildman–Crippen LogP) is 4.54. The molecule has 78 valence electrons. The average Bonchev–Trinajstić information content (AvgIpc) is 2.26. The highest BCUT2D eigenvalue weighted by molar-refractivity contribution is 5.30. The monoisotopic (exact) mass is 190 g/mol. The van der Waals surface area contributed by atoms with E-state index in [1.807, 2.05) is 0 Å². The third-order valence-electron chi connectivity index (χ3n) is 3.01. The summed E-state index contributed by atoms with van der Waals surface area (Å²) in [5.74, 6) is 0.774. The first-order valence-corrected chi connectivity index (χ1v) is 5.91. The number of hydrogen-bond acceptors (Lipinski definition) is 0. The Bertz CT molecular complexity index is 262. The van der Waals surface area contributed by atoms with Crippen LogP contribution < -0.4 is 0 Å². The van der Waals surface area contributed by atoms with Crippen molar-refractivity contribution in [3.8, 4) is 0 Å². The van der Waals surface area contributed by atoms with E-state index in [1.165, 1.54) is 24.8 Å². The Labute approximate surface area is 88.4 Å². The van der Waals surface area contributed by atoms with Gasteiger partial charge in [0.15, 0.2) is 0 Å². The zero-order valence-electron chi connectivity index (χ0n) is 9.72. The Morgan fingerprint density at radius 1 is 1.07 bits per heavy atom. The fourth-order valence-electron chi connectivity index (χ4n) is 2.18. The standard InChI is InChI=1S/C14H22/c1-4-9-12(5-2)14-11-8-7-10-13(14)6-3/h7-8,10-12H,4-6,9H2,1-3H3. The lowest BCUT2D eigenvalue weighted by Gasteiger charge is -2.17. The lowest BCUT2D eigenvalue weighted by molar-refractivity contribution is 0.591. The van der Waals surface area contributed by atoms with E-state index in [2.05, 4.69) is 45.0 Å². The van der Waals surface area contributed by atoms with Crippen LogP contribution in [0, 0.1) is 0 Å². The van der Waals surface area contributed by atoms with Crippen molar-refractivity contribution in [2.75, 3.05) is 0 Å². The summed E-state index contributed by atoms with van der Waals surface area (Å²) >= 11 is 0. The Kier molecular flexibility index (Phi) is 4.72. The summed E-state index contributed by atoms with van der Waals surface area (Å²) in [6.07, 6.45) is 5.05. The lowest BCUT2D eigenvalue weighted by Crippen LogP contribution is -2.01. The summed E-state index contributed by atoms with van der Waals surface area (Å²) in [6.45, 7) is 6.82. The minimum absolute atomic E-state index is 0.774. The quantitative estimate of drug-likeness (QED) is 0.639. The molecular weight excluding hydrogens is 168 g/mol. The number of hydrogen-bond donors (Lipinski definition) is 0. The molecule has 0 aromatic heterocycles. The molecule has 0 amide bonds. The third kappa shape index (κ3) is 2.60. The van der Waals surface area contributed by atoms with Crippen molar-refractivity contribution in [3.63, 3.8) is 0 Å². The molecule has 0 nitrogen and oxygen atoms in total. The second kappa shape index (κ2) is 5.85. The molecule has 0 radical (unpaired) electrons. The first kappa shape index (κ1) is 11.3. The molecule has 0 spiro atoms. The second-order valence-corrected chi connectivity index (χ2v) is 3.95. The zero-order valence-corrected chi connectivity index (χ0v) is 9.72. The molecule has 1 unspecified atom stereocenters. The van der Waals surface area contributed by atoms with E-state index in [9.17, 15) is 0 Å². The molecule has 0 N–H and O–H groups in total. The summed E-state index contributed by atoms with van der Waals surface area (Å²) in [4.78, 5) is 0. The van der Waals surface area contributed by atoms with E-state index in [0.717, 1.165) is 12.3 Å². The van der Waals surface area contributed by atoms with Gasteiger partial charge in [0.1, 0.15) is 0 Å². The van der Waals surface area contributed by atoms with Crippen LogP contribution in [-0.2, 0) is 6.42 Å². The lowest BCUT2D eigenvalue weighted by atomic mass is 9.88. The zero-order chi connectivity index (χ0) is 10.4. The first-order valence-electron chi connectivity index (χ1n) is 5.91. The van der Waals surface area contributed by atoms with Crippen molar-refractivity contribution in [2.45, 2.75) is 52.4 Å². The van der Waals surface area contributed by atoms with Gasteiger partial charge in [-0.15, -0.1) is 0 Å². The Morgan fingerprint density at radius 2 is 1.79 bits per heavy atom. The fourth-order valence-corrected chi connectivity index (χ4v) is 2.18. The van der Waals surface area contributed by atoms with Crippen molar-refractivity contribution < 1.29 is 0 Å². The van der Waals surface area contributed by atoms with Gasteiger partial charge in [0.05, 0.1) is 0 Å². The molecule has 0 saturated carbocycles. The van der Waals surface area contributed by atoms with Crippen LogP contribution in [-0.4, -0.2) is 0 Å². The van der Waals surface area contributed by atoms with Crippen LogP contribution in [0.3, 0.4) is 0 Å². The maximum Gasteiger partial charge on any atom is -0.0162 e. The van der Waals surface area contributed by atoms with Gasteiger partial charge in [0.25, 0.3) is 0 Å². The van der Waals surface area contributed by atoms with Crippen LogP contribution >= 0.6 is 0 Å². The fraction of sp³-hybridized carbons (Fsp3) is 0.571. The molecule has 0 heterocycles. The van der Waals surface area contributed by atoms with Crippen LogP contribution in [0.25, 0.3) is 0 Å². The normalized spacial score (nSPS) is 12.8. The highest BCUT2D eigenvalue weighted by atomic mass is 14.2. The van der Waals surface area contributed by atoms with Crippen LogP contribution in [0.15, 0.2) is 24.3 Å². The van der Waals surface area contributed by atoms with Crippen molar-refractivity contribution in [1.29, 1.82) is 0 Å². The van der Waals surface area contributed by atoms with Gasteiger partial charge in [-0.25, -0.2) is 0 Å². The summed E-state index contributed by atoms with van der Waals surface area (Å²) in [7, 11) is 0. The van der Waals surface area contributed by atoms with Gasteiger partial charge in [-0.2, -0.15) is 0 Å². The van der Waals surface area contributed by atoms with Crippen LogP contribution in [0.4, 0.5) is 0 Å². The average molecular weight is 190 g/mol. The van der Waals surface area contributed by atoms with Crippen molar-refractivity contribution in [1.82, 2.24) is 0 Å². The molecular formula is C14H22. The van der Waals surface area contributed by atoms with Gasteiger partial charge < -0.3 is 0 Å². The second-order valence-electron chi connectivity index (χ2n) is 3.95. The van der Waals surface area contributed by atoms with E-state index >= 15 is 0 Å². The van der Waals surface area contributed by atoms with Gasteiger partial charge in [-0.1, -0.05) is 51.5 Å². The van der Waals surface area contributed by atoms with Gasteiger partial charge in [0.2, 0.25) is 0 Å². The molecule has 0 bridgehead atoms. The van der Waals surface area contributed by atoms with Gasteiger partial charge in [-0.3, -0.25) is 0 Å². The van der Waals surface area contributed by atoms with E-state index in [4.69, 9.17) is 0 Å². The first-order chi connectivity index (χ1) is 6.83. The van der Waals surface area contributed by atoms with Crippen molar-refractivity contribution in [3.05, 3.63) is 35.4 Å². The summed E-state index contributed by atoms with van der Waals surface area (Å²) in [6, 6.07) is 8.91. The van der Waals surface area contributed by atoms with E-state index in [-0.39, 0.29) is 0 Å². The molecule has 0 heteroatoms. The van der Waals surface area contributed by atoms with E-state index < -0.39 is 0 Å². The van der Waals surface area contributed by atoms with Crippen LogP contribution in [0.1, 0.15) is 57.1 Å². The molecule has 1 aromatic rings. The minimum Gasteiger partial charge on any atom is -0.0654 e. The van der Waals surface area contributed by atoms with E-state index in [1.54, 1.807) is 5.56 Å². The topological polar surface area (TPSA) is 0 Å². The highest BCUT2D eigenvalue weighted by Gasteiger charge is 2.10. The molecule has 1 atom stereocenters. The Morgan fingerprint density at radius 3 is 2.36 bits per heavy atom. The molecule has 0 fully saturated rings. The van der Waals surface area contributed by atoms with Crippen molar-refractivity contribution in [2.24, 2.45) is 0 Å². The molecule has 0 aliphatic carbocycles. The Balaban J connectivity index is 2.90. The SMILES string of the molecule is CCCC(CC)c1ccccc1CC. The Hall–Kier alpha value is -0.780. The molecule has 1 aromatic carbocycles.